The molecule has 3 aromatic rings. The molecule has 0 saturated heterocycles. The maximum Gasteiger partial charge on any atom is 0.253 e. The van der Waals surface area contributed by atoms with Gasteiger partial charge in [0.2, 0.25) is 0 Å². The predicted octanol–water partition coefficient (Wildman–Crippen LogP) is 2.72. The number of rotatable bonds is 5. The fourth-order valence-electron chi connectivity index (χ4n) is 2.84. The lowest BCUT2D eigenvalue weighted by Gasteiger charge is -2.17. The average molecular weight is 349 g/mol. The fourth-order valence-corrected chi connectivity index (χ4v) is 2.84. The molecule has 7 nitrogen and oxygen atoms in total. The Bertz CT molecular complexity index is 985. The molecule has 4 heterocycles. The highest BCUT2D eigenvalue weighted by Gasteiger charge is 2.16. The molecule has 0 bridgehead atoms. The van der Waals surface area contributed by atoms with E-state index >= 15 is 0 Å². The van der Waals surface area contributed by atoms with Gasteiger partial charge in [0.25, 0.3) is 5.91 Å². The monoisotopic (exact) mass is 349 g/mol. The van der Waals surface area contributed by atoms with Gasteiger partial charge in [-0.1, -0.05) is 6.08 Å². The first kappa shape index (κ1) is 16.1. The number of hydrogen-bond acceptors (Lipinski definition) is 5. The molecule has 0 aromatic carbocycles. The predicted molar refractivity (Wildman–Crippen MR) is 98.4 cm³/mol. The number of allylic oxidation sites excluding steroid dienone is 1. The largest absolute Gasteiger partial charge is 0.461 e. The molecule has 7 heteroatoms. The van der Waals surface area contributed by atoms with Crippen molar-refractivity contribution in [3.8, 4) is 11.6 Å². The number of aromatic nitrogens is 3. The summed E-state index contributed by atoms with van der Waals surface area (Å²) in [7, 11) is 2.03. The Morgan fingerprint density at radius 1 is 1.42 bits per heavy atom. The number of imidazole rings is 1. The molecule has 0 saturated carbocycles. The lowest BCUT2D eigenvalue weighted by atomic mass is 10.1. The molecular formula is C19H19N5O2. The second-order valence-electron chi connectivity index (χ2n) is 6.16. The molecule has 1 aliphatic rings. The Balaban J connectivity index is 1.47. The molecule has 0 unspecified atom stereocenters. The second-order valence-corrected chi connectivity index (χ2v) is 6.16. The number of hydrogen-bond donors (Lipinski definition) is 2. The number of H-pyrrole nitrogens is 1. The molecule has 1 aliphatic heterocycles. The highest BCUT2D eigenvalue weighted by Crippen LogP contribution is 2.21. The Morgan fingerprint density at radius 3 is 3.12 bits per heavy atom. The zero-order valence-corrected chi connectivity index (χ0v) is 14.4. The van der Waals surface area contributed by atoms with Crippen LogP contribution in [0.25, 0.3) is 22.7 Å². The summed E-state index contributed by atoms with van der Waals surface area (Å²) in [4.78, 5) is 26.5. The number of carbonyl (C=O) groups excluding carboxylic acids is 1. The van der Waals surface area contributed by atoms with Gasteiger partial charge in [-0.2, -0.15) is 0 Å². The van der Waals surface area contributed by atoms with E-state index in [1.54, 1.807) is 30.7 Å². The minimum absolute atomic E-state index is 0.149. The third-order valence-electron chi connectivity index (χ3n) is 4.28. The van der Waals surface area contributed by atoms with Crippen LogP contribution in [0.1, 0.15) is 16.8 Å². The van der Waals surface area contributed by atoms with Crippen LogP contribution in [0.5, 0.6) is 0 Å². The first-order valence-electron chi connectivity index (χ1n) is 8.45. The van der Waals surface area contributed by atoms with Crippen LogP contribution in [0.2, 0.25) is 0 Å². The Hall–Kier alpha value is -3.35. The van der Waals surface area contributed by atoms with E-state index in [0.717, 1.165) is 13.0 Å². The topological polar surface area (TPSA) is 87.1 Å². The van der Waals surface area contributed by atoms with Crippen molar-refractivity contribution in [3.63, 3.8) is 0 Å². The van der Waals surface area contributed by atoms with Crippen molar-refractivity contribution in [3.05, 3.63) is 60.1 Å². The van der Waals surface area contributed by atoms with Crippen molar-refractivity contribution < 1.29 is 9.21 Å². The summed E-state index contributed by atoms with van der Waals surface area (Å²) < 4.78 is 5.35. The van der Waals surface area contributed by atoms with Crippen molar-refractivity contribution in [1.29, 1.82) is 0 Å². The minimum atomic E-state index is -0.149. The summed E-state index contributed by atoms with van der Waals surface area (Å²) in [6, 6.07) is 5.28. The molecule has 0 fully saturated rings. The second kappa shape index (κ2) is 6.87. The van der Waals surface area contributed by atoms with Gasteiger partial charge < -0.3 is 19.6 Å². The summed E-state index contributed by atoms with van der Waals surface area (Å²) in [5.41, 5.74) is 2.85. The van der Waals surface area contributed by atoms with Crippen LogP contribution in [-0.2, 0) is 0 Å². The number of pyridine rings is 1. The average Bonchev–Trinajstić information content (AvgIpc) is 3.32. The molecule has 0 radical (unpaired) electrons. The van der Waals surface area contributed by atoms with Crippen LogP contribution in [0.4, 0.5) is 0 Å². The van der Waals surface area contributed by atoms with Gasteiger partial charge in [0, 0.05) is 26.3 Å². The number of amides is 1. The van der Waals surface area contributed by atoms with Crippen LogP contribution in [0.15, 0.2) is 59.0 Å². The van der Waals surface area contributed by atoms with Crippen LogP contribution < -0.4 is 5.32 Å². The van der Waals surface area contributed by atoms with E-state index in [-0.39, 0.29) is 5.91 Å². The third-order valence-corrected chi connectivity index (χ3v) is 4.28. The van der Waals surface area contributed by atoms with E-state index in [0.29, 0.717) is 34.9 Å². The van der Waals surface area contributed by atoms with Gasteiger partial charge in [0.1, 0.15) is 0 Å². The van der Waals surface area contributed by atoms with Gasteiger partial charge in [0.15, 0.2) is 17.2 Å². The summed E-state index contributed by atoms with van der Waals surface area (Å²) >= 11 is 0. The Labute approximate surface area is 150 Å². The first-order chi connectivity index (χ1) is 12.7. The lowest BCUT2D eigenvalue weighted by molar-refractivity contribution is 0.0955. The van der Waals surface area contributed by atoms with Crippen LogP contribution in [0, 0.1) is 0 Å². The zero-order valence-electron chi connectivity index (χ0n) is 14.4. The smallest absolute Gasteiger partial charge is 0.253 e. The van der Waals surface area contributed by atoms with E-state index in [1.165, 1.54) is 5.57 Å². The number of furan rings is 1. The Kier molecular flexibility index (Phi) is 4.27. The van der Waals surface area contributed by atoms with E-state index in [9.17, 15) is 4.79 Å². The molecule has 3 aromatic heterocycles. The van der Waals surface area contributed by atoms with E-state index < -0.39 is 0 Å². The quantitative estimate of drug-likeness (QED) is 0.739. The molecule has 1 amide bonds. The van der Waals surface area contributed by atoms with Gasteiger partial charge in [-0.25, -0.2) is 9.97 Å². The highest BCUT2D eigenvalue weighted by molar-refractivity contribution is 6.04. The van der Waals surface area contributed by atoms with E-state index in [4.69, 9.17) is 4.42 Å². The summed E-state index contributed by atoms with van der Waals surface area (Å²) in [5.74, 6) is 1.01. The van der Waals surface area contributed by atoms with Crippen molar-refractivity contribution in [1.82, 2.24) is 25.2 Å². The molecule has 0 atom stereocenters. The summed E-state index contributed by atoms with van der Waals surface area (Å²) in [6.45, 7) is 1.47. The van der Waals surface area contributed by atoms with Gasteiger partial charge in [-0.15, -0.1) is 0 Å². The highest BCUT2D eigenvalue weighted by atomic mass is 16.3. The van der Waals surface area contributed by atoms with Gasteiger partial charge in [-0.3, -0.25) is 4.79 Å². The number of fused-ring (bicyclic) bond motifs is 1. The van der Waals surface area contributed by atoms with Gasteiger partial charge >= 0.3 is 0 Å². The SMILES string of the molecule is CN1C=CC(CCNC(=O)c2ccnc3nc(-c4ccco4)[nH]c23)=CC1. The Morgan fingerprint density at radius 2 is 2.35 bits per heavy atom. The van der Waals surface area contributed by atoms with Crippen molar-refractivity contribution in [2.45, 2.75) is 6.42 Å². The normalized spacial score (nSPS) is 13.9. The van der Waals surface area contributed by atoms with E-state index in [1.807, 2.05) is 13.2 Å². The minimum Gasteiger partial charge on any atom is -0.461 e. The van der Waals surface area contributed by atoms with Crippen molar-refractivity contribution >= 4 is 17.1 Å². The lowest BCUT2D eigenvalue weighted by Crippen LogP contribution is -2.25. The molecular weight excluding hydrogens is 330 g/mol. The maximum absolute atomic E-state index is 12.6. The number of carbonyl (C=O) groups is 1. The molecule has 26 heavy (non-hydrogen) atoms. The van der Waals surface area contributed by atoms with E-state index in [2.05, 4.69) is 37.3 Å². The molecule has 0 aliphatic carbocycles. The number of nitrogens with zero attached hydrogens (tertiary/aromatic N) is 3. The van der Waals surface area contributed by atoms with Crippen molar-refractivity contribution in [2.24, 2.45) is 0 Å². The van der Waals surface area contributed by atoms with Crippen LogP contribution >= 0.6 is 0 Å². The van der Waals surface area contributed by atoms with Crippen LogP contribution in [0.3, 0.4) is 0 Å². The number of nitrogens with one attached hydrogen (secondary N) is 2. The number of aromatic amines is 1. The van der Waals surface area contributed by atoms with Crippen molar-refractivity contribution in [2.75, 3.05) is 20.1 Å². The molecule has 2 N–H and O–H groups in total. The van der Waals surface area contributed by atoms with Crippen LogP contribution in [-0.4, -0.2) is 45.9 Å². The maximum atomic E-state index is 12.6. The summed E-state index contributed by atoms with van der Waals surface area (Å²) in [6.07, 6.45) is 10.3. The third kappa shape index (κ3) is 3.23. The van der Waals surface area contributed by atoms with Gasteiger partial charge in [0.05, 0.1) is 17.3 Å². The standard InChI is InChI=1S/C19H19N5O2/c1-24-10-6-13(7-11-24)4-8-21-19(25)14-5-9-20-18-16(14)22-17(23-18)15-3-2-12-26-15/h2-3,5-7,9-10,12H,4,8,11H2,1H3,(H,21,25)(H,20,22,23). The number of likely N-dealkylation sites (N-methyl/N-ethyl adjacent to an activating group) is 1. The van der Waals surface area contributed by atoms with Gasteiger partial charge in [-0.05, 0) is 42.5 Å². The fraction of sp³-hybridized carbons (Fsp3) is 0.211. The molecule has 4 rings (SSSR count). The zero-order chi connectivity index (χ0) is 17.9. The molecule has 132 valence electrons. The summed E-state index contributed by atoms with van der Waals surface area (Å²) in [5, 5.41) is 2.97. The molecule has 0 spiro atoms. The first-order valence-corrected chi connectivity index (χ1v) is 8.45.